The van der Waals surface area contributed by atoms with Gasteiger partial charge < -0.3 is 5.32 Å². The molecule has 1 aliphatic heterocycles. The van der Waals surface area contributed by atoms with Gasteiger partial charge in [-0.2, -0.15) is 0 Å². The standard InChI is InChI=1S/C15H14ClN3O/c1-10-6-7-12-15(18-10)19(14(20)8-16)13-5-3-2-4-11(13)9-17-12/h2-7,17H,8-9H2,1H3. The number of nitrogens with one attached hydrogen (secondary N) is 1. The molecule has 1 amide bonds. The van der Waals surface area contributed by atoms with Gasteiger partial charge >= 0.3 is 0 Å². The Morgan fingerprint density at radius 1 is 1.35 bits per heavy atom. The van der Waals surface area contributed by atoms with Crippen molar-refractivity contribution in [3.63, 3.8) is 0 Å². The van der Waals surface area contributed by atoms with Crippen molar-refractivity contribution in [1.29, 1.82) is 0 Å². The molecule has 0 saturated carbocycles. The van der Waals surface area contributed by atoms with Crippen molar-refractivity contribution >= 4 is 34.7 Å². The number of carbonyl (C=O) groups excluding carboxylic acids is 1. The molecule has 0 radical (unpaired) electrons. The molecule has 1 aliphatic rings. The van der Waals surface area contributed by atoms with E-state index in [9.17, 15) is 4.79 Å². The van der Waals surface area contributed by atoms with Crippen molar-refractivity contribution < 1.29 is 4.79 Å². The Labute approximate surface area is 122 Å². The fourth-order valence-corrected chi connectivity index (χ4v) is 2.47. The molecule has 0 spiro atoms. The third-order valence-electron chi connectivity index (χ3n) is 3.29. The van der Waals surface area contributed by atoms with Gasteiger partial charge in [-0.25, -0.2) is 4.98 Å². The summed E-state index contributed by atoms with van der Waals surface area (Å²) in [5, 5.41) is 3.32. The highest BCUT2D eigenvalue weighted by Crippen LogP contribution is 2.36. The number of aromatic nitrogens is 1. The van der Waals surface area contributed by atoms with Crippen molar-refractivity contribution in [2.45, 2.75) is 13.5 Å². The van der Waals surface area contributed by atoms with Gasteiger partial charge in [-0.15, -0.1) is 11.6 Å². The summed E-state index contributed by atoms with van der Waals surface area (Å²) in [6.45, 7) is 2.56. The maximum Gasteiger partial charge on any atom is 0.247 e. The molecule has 2 aromatic rings. The van der Waals surface area contributed by atoms with Crippen LogP contribution in [0.4, 0.5) is 17.2 Å². The second kappa shape index (κ2) is 5.13. The van der Waals surface area contributed by atoms with Crippen LogP contribution in [0.5, 0.6) is 0 Å². The summed E-state index contributed by atoms with van der Waals surface area (Å²) in [4.78, 5) is 18.4. The Kier molecular flexibility index (Phi) is 3.32. The molecule has 0 fully saturated rings. The van der Waals surface area contributed by atoms with E-state index in [0.717, 1.165) is 22.6 Å². The van der Waals surface area contributed by atoms with E-state index in [1.54, 1.807) is 4.90 Å². The third-order valence-corrected chi connectivity index (χ3v) is 3.52. The quantitative estimate of drug-likeness (QED) is 0.819. The van der Waals surface area contributed by atoms with Gasteiger partial charge in [0.25, 0.3) is 0 Å². The molecule has 0 saturated heterocycles. The number of pyridine rings is 1. The minimum absolute atomic E-state index is 0.0800. The molecule has 4 nitrogen and oxygen atoms in total. The van der Waals surface area contributed by atoms with Crippen LogP contribution in [0.2, 0.25) is 0 Å². The van der Waals surface area contributed by atoms with Crippen molar-refractivity contribution in [2.24, 2.45) is 0 Å². The molecule has 5 heteroatoms. The maximum atomic E-state index is 12.3. The van der Waals surface area contributed by atoms with Gasteiger partial charge in [0, 0.05) is 12.2 Å². The highest BCUT2D eigenvalue weighted by atomic mass is 35.5. The number of fused-ring (bicyclic) bond motifs is 2. The summed E-state index contributed by atoms with van der Waals surface area (Å²) < 4.78 is 0. The Bertz CT molecular complexity index is 672. The predicted octanol–water partition coefficient (Wildman–Crippen LogP) is 3.22. The number of aryl methyl sites for hydroxylation is 1. The number of nitrogens with zero attached hydrogens (tertiary/aromatic N) is 2. The zero-order chi connectivity index (χ0) is 14.1. The lowest BCUT2D eigenvalue weighted by Crippen LogP contribution is -2.28. The number of amides is 1. The molecule has 102 valence electrons. The molecule has 1 aromatic heterocycles. The molecule has 0 unspecified atom stereocenters. The van der Waals surface area contributed by atoms with E-state index >= 15 is 0 Å². The number of para-hydroxylation sites is 1. The van der Waals surface area contributed by atoms with Crippen LogP contribution >= 0.6 is 11.6 Å². The predicted molar refractivity (Wildman–Crippen MR) is 80.6 cm³/mol. The lowest BCUT2D eigenvalue weighted by atomic mass is 10.1. The van der Waals surface area contributed by atoms with E-state index < -0.39 is 0 Å². The SMILES string of the molecule is Cc1ccc2c(n1)N(C(=O)CCl)c1ccccc1CN2. The topological polar surface area (TPSA) is 45.2 Å². The molecule has 2 heterocycles. The molecule has 20 heavy (non-hydrogen) atoms. The summed E-state index contributed by atoms with van der Waals surface area (Å²) in [5.41, 5.74) is 3.58. The number of benzene rings is 1. The minimum Gasteiger partial charge on any atom is -0.378 e. The smallest absolute Gasteiger partial charge is 0.247 e. The van der Waals surface area contributed by atoms with Crippen molar-refractivity contribution in [3.05, 3.63) is 47.7 Å². The number of halogens is 1. The monoisotopic (exact) mass is 287 g/mol. The first kappa shape index (κ1) is 12.9. The van der Waals surface area contributed by atoms with Gasteiger partial charge in [-0.1, -0.05) is 18.2 Å². The fraction of sp³-hybridized carbons (Fsp3) is 0.200. The maximum absolute atomic E-state index is 12.3. The van der Waals surface area contributed by atoms with E-state index in [4.69, 9.17) is 11.6 Å². The van der Waals surface area contributed by atoms with Crippen molar-refractivity contribution in [1.82, 2.24) is 4.98 Å². The first-order valence-corrected chi connectivity index (χ1v) is 6.92. The Hall–Kier alpha value is -2.07. The lowest BCUT2D eigenvalue weighted by Gasteiger charge is -2.22. The molecule has 0 bridgehead atoms. The summed E-state index contributed by atoms with van der Waals surface area (Å²) in [6.07, 6.45) is 0. The van der Waals surface area contributed by atoms with Gasteiger partial charge in [0.05, 0.1) is 11.4 Å². The molecule has 1 N–H and O–H groups in total. The van der Waals surface area contributed by atoms with E-state index in [-0.39, 0.29) is 11.8 Å². The van der Waals surface area contributed by atoms with E-state index in [1.807, 2.05) is 43.3 Å². The van der Waals surface area contributed by atoms with Crippen LogP contribution in [0.15, 0.2) is 36.4 Å². The van der Waals surface area contributed by atoms with Gasteiger partial charge in [0.1, 0.15) is 5.88 Å². The van der Waals surface area contributed by atoms with Gasteiger partial charge in [-0.3, -0.25) is 9.69 Å². The average molecular weight is 288 g/mol. The number of anilines is 3. The molecule has 1 aromatic carbocycles. The third kappa shape index (κ3) is 2.12. The van der Waals surface area contributed by atoms with Crippen molar-refractivity contribution in [3.8, 4) is 0 Å². The van der Waals surface area contributed by atoms with Crippen LogP contribution in [0.25, 0.3) is 0 Å². The summed E-state index contributed by atoms with van der Waals surface area (Å²) in [6, 6.07) is 11.6. The zero-order valence-electron chi connectivity index (χ0n) is 11.1. The molecule has 0 atom stereocenters. The van der Waals surface area contributed by atoms with Crippen molar-refractivity contribution in [2.75, 3.05) is 16.1 Å². The fourth-order valence-electron chi connectivity index (χ4n) is 2.35. The zero-order valence-corrected chi connectivity index (χ0v) is 11.8. The summed E-state index contributed by atoms with van der Waals surface area (Å²) in [7, 11) is 0. The Morgan fingerprint density at radius 2 is 2.15 bits per heavy atom. The second-order valence-electron chi connectivity index (χ2n) is 4.67. The van der Waals surface area contributed by atoms with Crippen LogP contribution in [0.1, 0.15) is 11.3 Å². The van der Waals surface area contributed by atoms with Crippen LogP contribution in [0.3, 0.4) is 0 Å². The average Bonchev–Trinajstić information content (AvgIpc) is 2.63. The van der Waals surface area contributed by atoms with E-state index in [1.165, 1.54) is 0 Å². The van der Waals surface area contributed by atoms with Crippen LogP contribution in [-0.2, 0) is 11.3 Å². The number of hydrogen-bond donors (Lipinski definition) is 1. The van der Waals surface area contributed by atoms with E-state index in [0.29, 0.717) is 12.4 Å². The number of alkyl halides is 1. The van der Waals surface area contributed by atoms with Crippen LogP contribution < -0.4 is 10.2 Å². The first-order chi connectivity index (χ1) is 9.70. The number of carbonyl (C=O) groups is 1. The molecular formula is C15H14ClN3O. The molecule has 0 aliphatic carbocycles. The lowest BCUT2D eigenvalue weighted by molar-refractivity contribution is -0.115. The van der Waals surface area contributed by atoms with Gasteiger partial charge in [-0.05, 0) is 30.7 Å². The minimum atomic E-state index is -0.179. The Balaban J connectivity index is 2.24. The highest BCUT2D eigenvalue weighted by molar-refractivity contribution is 6.30. The van der Waals surface area contributed by atoms with Gasteiger partial charge in [0.15, 0.2) is 5.82 Å². The second-order valence-corrected chi connectivity index (χ2v) is 4.94. The van der Waals surface area contributed by atoms with Crippen LogP contribution in [0, 0.1) is 6.92 Å². The van der Waals surface area contributed by atoms with Gasteiger partial charge in [0.2, 0.25) is 5.91 Å². The highest BCUT2D eigenvalue weighted by Gasteiger charge is 2.26. The molecular weight excluding hydrogens is 274 g/mol. The van der Waals surface area contributed by atoms with E-state index in [2.05, 4.69) is 10.3 Å². The number of hydrogen-bond acceptors (Lipinski definition) is 3. The number of rotatable bonds is 1. The Morgan fingerprint density at radius 3 is 2.95 bits per heavy atom. The molecule has 3 rings (SSSR count). The summed E-state index contributed by atoms with van der Waals surface area (Å²) in [5.74, 6) is 0.353. The first-order valence-electron chi connectivity index (χ1n) is 6.39. The summed E-state index contributed by atoms with van der Waals surface area (Å²) >= 11 is 5.77. The normalized spacial score (nSPS) is 13.0. The van der Waals surface area contributed by atoms with Crippen LogP contribution in [-0.4, -0.2) is 16.8 Å². The largest absolute Gasteiger partial charge is 0.378 e.